The number of hydrogen-bond donors (Lipinski definition) is 1. The minimum Gasteiger partial charge on any atom is -0.436 e. The van der Waals surface area contributed by atoms with Gasteiger partial charge in [0.25, 0.3) is 5.22 Å². The number of aromatic nitrogens is 2. The monoisotopic (exact) mass is 411 g/mol. The fraction of sp³-hybridized carbons (Fsp3) is 0.571. The van der Waals surface area contributed by atoms with Gasteiger partial charge in [-0.1, -0.05) is 11.8 Å². The Morgan fingerprint density at radius 3 is 2.79 bits per heavy atom. The fourth-order valence-electron chi connectivity index (χ4n) is 4.59. The number of rotatable bonds is 6. The normalized spacial score (nSPS) is 22.9. The van der Waals surface area contributed by atoms with Gasteiger partial charge in [-0.15, -0.1) is 0 Å². The number of nitrogens with one attached hydrogen (secondary N) is 1. The van der Waals surface area contributed by atoms with Crippen LogP contribution in [0.2, 0.25) is 0 Å². The zero-order valence-electron chi connectivity index (χ0n) is 16.4. The molecule has 5 rings (SSSR count). The number of nitrogens with zero attached hydrogens (tertiary/aromatic N) is 4. The van der Waals surface area contributed by atoms with Crippen LogP contribution in [-0.2, 0) is 23.3 Å². The van der Waals surface area contributed by atoms with Crippen molar-refractivity contribution in [3.8, 4) is 6.07 Å². The summed E-state index contributed by atoms with van der Waals surface area (Å²) in [4.78, 5) is 11.9. The number of pyridine rings is 1. The maximum Gasteiger partial charge on any atom is 0.256 e. The maximum absolute atomic E-state index is 8.95. The van der Waals surface area contributed by atoms with Gasteiger partial charge in [0.15, 0.2) is 0 Å². The van der Waals surface area contributed by atoms with Gasteiger partial charge in [0.05, 0.1) is 42.8 Å². The summed E-state index contributed by atoms with van der Waals surface area (Å²) < 4.78 is 11.7. The highest BCUT2D eigenvalue weighted by Crippen LogP contribution is 2.36. The van der Waals surface area contributed by atoms with Gasteiger partial charge in [-0.2, -0.15) is 5.26 Å². The molecule has 152 valence electrons. The molecular formula is C21H25N5O2S. The van der Waals surface area contributed by atoms with E-state index < -0.39 is 0 Å². The summed E-state index contributed by atoms with van der Waals surface area (Å²) in [6.45, 7) is 1.81. The first-order chi connectivity index (χ1) is 14.3. The molecule has 2 bridgehead atoms. The van der Waals surface area contributed by atoms with Gasteiger partial charge >= 0.3 is 0 Å². The fourth-order valence-corrected chi connectivity index (χ4v) is 5.34. The number of nitriles is 1. The molecule has 0 amide bonds. The number of anilines is 2. The number of morpholine rings is 1. The molecule has 2 fully saturated rings. The van der Waals surface area contributed by atoms with Crippen LogP contribution >= 0.6 is 11.8 Å². The lowest BCUT2D eigenvalue weighted by atomic mass is 10.0. The van der Waals surface area contributed by atoms with Crippen molar-refractivity contribution in [2.75, 3.05) is 30.0 Å². The van der Waals surface area contributed by atoms with Crippen molar-refractivity contribution < 1.29 is 9.15 Å². The van der Waals surface area contributed by atoms with Gasteiger partial charge in [0.1, 0.15) is 18.1 Å². The lowest BCUT2D eigenvalue weighted by Crippen LogP contribution is -2.46. The summed E-state index contributed by atoms with van der Waals surface area (Å²) in [5, 5.41) is 12.8. The molecule has 2 aromatic heterocycles. The molecule has 2 unspecified atom stereocenters. The number of aryl methyl sites for hydroxylation is 2. The van der Waals surface area contributed by atoms with Crippen LogP contribution in [0.4, 0.5) is 11.5 Å². The van der Waals surface area contributed by atoms with Gasteiger partial charge in [0.2, 0.25) is 0 Å². The molecule has 0 spiro atoms. The SMILES string of the molecule is N#CCNc1cc(N2C3CCC2COC3)cc(CSc2nc3c(o2)CCCC3)n1. The minimum atomic E-state index is 0.242. The summed E-state index contributed by atoms with van der Waals surface area (Å²) >= 11 is 1.60. The third-order valence-corrected chi connectivity index (χ3v) is 6.78. The average molecular weight is 412 g/mol. The van der Waals surface area contributed by atoms with E-state index >= 15 is 0 Å². The predicted octanol–water partition coefficient (Wildman–Crippen LogP) is 3.54. The Kier molecular flexibility index (Phi) is 5.34. The van der Waals surface area contributed by atoms with Crippen molar-refractivity contribution >= 4 is 23.3 Å². The topological polar surface area (TPSA) is 87.2 Å². The lowest BCUT2D eigenvalue weighted by Gasteiger charge is -2.37. The highest BCUT2D eigenvalue weighted by Gasteiger charge is 2.37. The number of ether oxygens (including phenoxy) is 1. The van der Waals surface area contributed by atoms with E-state index in [1.54, 1.807) is 11.8 Å². The first-order valence-electron chi connectivity index (χ1n) is 10.4. The van der Waals surface area contributed by atoms with E-state index in [1.165, 1.54) is 31.4 Å². The molecule has 0 aromatic carbocycles. The second-order valence-corrected chi connectivity index (χ2v) is 8.82. The Balaban J connectivity index is 1.37. The number of fused-ring (bicyclic) bond motifs is 3. The predicted molar refractivity (Wildman–Crippen MR) is 111 cm³/mol. The second-order valence-electron chi connectivity index (χ2n) is 7.89. The van der Waals surface area contributed by atoms with Crippen LogP contribution in [0, 0.1) is 11.3 Å². The maximum atomic E-state index is 8.95. The molecule has 8 heteroatoms. The quantitative estimate of drug-likeness (QED) is 0.570. The highest BCUT2D eigenvalue weighted by atomic mass is 32.2. The van der Waals surface area contributed by atoms with Crippen LogP contribution in [0.3, 0.4) is 0 Å². The molecule has 2 atom stereocenters. The van der Waals surface area contributed by atoms with Crippen molar-refractivity contribution in [2.24, 2.45) is 0 Å². The lowest BCUT2D eigenvalue weighted by molar-refractivity contribution is 0.0906. The highest BCUT2D eigenvalue weighted by molar-refractivity contribution is 7.98. The van der Waals surface area contributed by atoms with Crippen molar-refractivity contribution in [2.45, 2.75) is 61.6 Å². The number of hydrogen-bond acceptors (Lipinski definition) is 8. The molecule has 2 saturated heterocycles. The van der Waals surface area contributed by atoms with Crippen LogP contribution in [0.1, 0.15) is 42.8 Å². The largest absolute Gasteiger partial charge is 0.436 e. The van der Waals surface area contributed by atoms with Crippen LogP contribution in [0.15, 0.2) is 21.8 Å². The molecule has 7 nitrogen and oxygen atoms in total. The molecule has 29 heavy (non-hydrogen) atoms. The Bertz CT molecular complexity index is 885. The van der Waals surface area contributed by atoms with E-state index in [9.17, 15) is 0 Å². The van der Waals surface area contributed by atoms with Crippen LogP contribution in [0.5, 0.6) is 0 Å². The van der Waals surface area contributed by atoms with E-state index in [-0.39, 0.29) is 6.54 Å². The molecule has 1 aliphatic carbocycles. The summed E-state index contributed by atoms with van der Waals surface area (Å²) in [5.41, 5.74) is 3.26. The van der Waals surface area contributed by atoms with Gasteiger partial charge < -0.3 is 19.4 Å². The first-order valence-corrected chi connectivity index (χ1v) is 11.4. The smallest absolute Gasteiger partial charge is 0.256 e. The third kappa shape index (κ3) is 3.94. The molecule has 2 aliphatic heterocycles. The molecule has 2 aromatic rings. The summed E-state index contributed by atoms with van der Waals surface area (Å²) in [6.07, 6.45) is 6.74. The van der Waals surface area contributed by atoms with Crippen molar-refractivity contribution in [1.82, 2.24) is 9.97 Å². The minimum absolute atomic E-state index is 0.242. The standard InChI is InChI=1S/C21H25N5O2S/c22-7-8-23-20-10-17(26-15-5-6-16(26)12-27-11-15)9-14(24-20)13-29-21-25-18-3-1-2-4-19(18)28-21/h9-10,15-16H,1-6,8,11-13H2,(H,23,24). The molecule has 1 N–H and O–H groups in total. The summed E-state index contributed by atoms with van der Waals surface area (Å²) in [6, 6.07) is 7.23. The Morgan fingerprint density at radius 1 is 1.17 bits per heavy atom. The van der Waals surface area contributed by atoms with Crippen LogP contribution < -0.4 is 10.2 Å². The summed E-state index contributed by atoms with van der Waals surface area (Å²) in [7, 11) is 0. The van der Waals surface area contributed by atoms with Crippen molar-refractivity contribution in [1.29, 1.82) is 5.26 Å². The summed E-state index contributed by atoms with van der Waals surface area (Å²) in [5.74, 6) is 2.49. The van der Waals surface area contributed by atoms with Gasteiger partial charge in [-0.25, -0.2) is 9.97 Å². The van der Waals surface area contributed by atoms with E-state index in [2.05, 4.69) is 33.4 Å². The van der Waals surface area contributed by atoms with Crippen LogP contribution in [0.25, 0.3) is 0 Å². The first kappa shape index (κ1) is 18.8. The molecule has 4 heterocycles. The molecule has 0 radical (unpaired) electrons. The Morgan fingerprint density at radius 2 is 2.00 bits per heavy atom. The van der Waals surface area contributed by atoms with E-state index in [0.717, 1.165) is 54.2 Å². The van der Waals surface area contributed by atoms with Crippen molar-refractivity contribution in [3.05, 3.63) is 29.3 Å². The zero-order valence-corrected chi connectivity index (χ0v) is 17.2. The van der Waals surface area contributed by atoms with E-state index in [4.69, 9.17) is 19.4 Å². The Hall–Kier alpha value is -2.24. The van der Waals surface area contributed by atoms with Crippen molar-refractivity contribution in [3.63, 3.8) is 0 Å². The van der Waals surface area contributed by atoms with E-state index in [1.807, 2.05) is 0 Å². The third-order valence-electron chi connectivity index (χ3n) is 5.92. The molecule has 0 saturated carbocycles. The average Bonchev–Trinajstić information content (AvgIpc) is 3.28. The Labute approximate surface area is 174 Å². The molecule has 3 aliphatic rings. The van der Waals surface area contributed by atoms with Gasteiger partial charge in [-0.3, -0.25) is 0 Å². The van der Waals surface area contributed by atoms with E-state index in [0.29, 0.717) is 17.8 Å². The van der Waals surface area contributed by atoms with Crippen LogP contribution in [-0.4, -0.2) is 41.8 Å². The zero-order chi connectivity index (χ0) is 19.6. The molecular weight excluding hydrogens is 386 g/mol. The number of thioether (sulfide) groups is 1. The van der Waals surface area contributed by atoms with Gasteiger partial charge in [0, 0.05) is 23.9 Å². The second kappa shape index (κ2) is 8.25. The number of oxazole rings is 1. The van der Waals surface area contributed by atoms with Gasteiger partial charge in [-0.05, 0) is 38.2 Å².